The van der Waals surface area contributed by atoms with Crippen molar-refractivity contribution in [2.75, 3.05) is 72.1 Å². The van der Waals surface area contributed by atoms with E-state index < -0.39 is 0 Å². The lowest BCUT2D eigenvalue weighted by atomic mass is 9.96. The van der Waals surface area contributed by atoms with Crippen LogP contribution in [-0.2, 0) is 14.3 Å². The van der Waals surface area contributed by atoms with Crippen LogP contribution in [0, 0.1) is 5.92 Å². The summed E-state index contributed by atoms with van der Waals surface area (Å²) in [6.45, 7) is 6.91. The van der Waals surface area contributed by atoms with Crippen LogP contribution >= 0.6 is 11.3 Å². The maximum absolute atomic E-state index is 13.1. The van der Waals surface area contributed by atoms with Crippen molar-refractivity contribution in [2.45, 2.75) is 12.8 Å². The van der Waals surface area contributed by atoms with Crippen LogP contribution in [0.1, 0.15) is 22.5 Å². The molecule has 1 unspecified atom stereocenters. The molecule has 30 heavy (non-hydrogen) atoms. The molecule has 8 nitrogen and oxygen atoms in total. The zero-order chi connectivity index (χ0) is 20.9. The summed E-state index contributed by atoms with van der Waals surface area (Å²) in [5, 5.41) is 1.90. The van der Waals surface area contributed by atoms with E-state index in [4.69, 9.17) is 4.74 Å². The third-order valence-electron chi connectivity index (χ3n) is 6.20. The highest BCUT2D eigenvalue weighted by atomic mass is 32.1. The van der Waals surface area contributed by atoms with Crippen LogP contribution in [0.4, 0.5) is 0 Å². The van der Waals surface area contributed by atoms with Gasteiger partial charge in [0.2, 0.25) is 11.8 Å². The molecule has 4 rings (SSSR count). The molecule has 3 aliphatic rings. The quantitative estimate of drug-likeness (QED) is 0.694. The number of piperidine rings is 1. The summed E-state index contributed by atoms with van der Waals surface area (Å²) in [5.74, 6) is 0.146. The van der Waals surface area contributed by atoms with Gasteiger partial charge in [0.25, 0.3) is 5.91 Å². The second-order valence-corrected chi connectivity index (χ2v) is 9.11. The maximum Gasteiger partial charge on any atom is 0.263 e. The van der Waals surface area contributed by atoms with Crippen LogP contribution in [0.2, 0.25) is 0 Å². The van der Waals surface area contributed by atoms with Gasteiger partial charge in [-0.1, -0.05) is 6.07 Å². The Bertz CT molecular complexity index is 742. The monoisotopic (exact) mass is 434 g/mol. The summed E-state index contributed by atoms with van der Waals surface area (Å²) in [6.07, 6.45) is 1.68. The van der Waals surface area contributed by atoms with E-state index in [1.54, 1.807) is 0 Å². The van der Waals surface area contributed by atoms with Gasteiger partial charge in [-0.2, -0.15) is 0 Å². The molecule has 0 saturated carbocycles. The Morgan fingerprint density at radius 3 is 2.40 bits per heavy atom. The van der Waals surface area contributed by atoms with E-state index >= 15 is 0 Å². The fraction of sp³-hybridized carbons (Fsp3) is 0.667. The van der Waals surface area contributed by atoms with Gasteiger partial charge in [-0.25, -0.2) is 0 Å². The Hall–Kier alpha value is -1.97. The molecule has 0 aliphatic carbocycles. The first-order valence-electron chi connectivity index (χ1n) is 10.8. The van der Waals surface area contributed by atoms with Crippen LogP contribution < -0.4 is 0 Å². The van der Waals surface area contributed by atoms with Gasteiger partial charge in [-0.15, -0.1) is 11.3 Å². The molecule has 4 heterocycles. The molecule has 3 saturated heterocycles. The molecule has 0 spiro atoms. The smallest absolute Gasteiger partial charge is 0.263 e. The van der Waals surface area contributed by atoms with Crippen molar-refractivity contribution < 1.29 is 19.1 Å². The summed E-state index contributed by atoms with van der Waals surface area (Å²) < 4.78 is 5.33. The number of piperazine rings is 1. The Kier molecular flexibility index (Phi) is 7.01. The molecule has 1 atom stereocenters. The second kappa shape index (κ2) is 9.89. The molecule has 0 bridgehead atoms. The number of ether oxygens (including phenoxy) is 1. The van der Waals surface area contributed by atoms with Crippen molar-refractivity contribution in [3.63, 3.8) is 0 Å². The Balaban J connectivity index is 1.25. The zero-order valence-corrected chi connectivity index (χ0v) is 18.1. The first kappa shape index (κ1) is 21.3. The average Bonchev–Trinajstić information content (AvgIpc) is 3.34. The third kappa shape index (κ3) is 5.01. The molecular formula is C21H30N4O4S. The minimum atomic E-state index is -0.140. The lowest BCUT2D eigenvalue weighted by Crippen LogP contribution is -2.55. The van der Waals surface area contributed by atoms with Gasteiger partial charge in [0, 0.05) is 52.4 Å². The van der Waals surface area contributed by atoms with Crippen LogP contribution in [0.3, 0.4) is 0 Å². The number of likely N-dealkylation sites (tertiary alicyclic amines) is 1. The van der Waals surface area contributed by atoms with Crippen LogP contribution in [-0.4, -0.2) is 109 Å². The highest BCUT2D eigenvalue weighted by Crippen LogP contribution is 2.22. The SMILES string of the molecule is O=C(CN1CCOCC1)N1CCN(C(=O)C2CCCN(C(=O)c3cccs3)C2)CC1. The second-order valence-electron chi connectivity index (χ2n) is 8.16. The molecule has 3 fully saturated rings. The lowest BCUT2D eigenvalue weighted by Gasteiger charge is -2.39. The Labute approximate surface area is 181 Å². The first-order chi connectivity index (χ1) is 14.6. The van der Waals surface area contributed by atoms with Crippen molar-refractivity contribution in [1.29, 1.82) is 0 Å². The molecule has 164 valence electrons. The highest BCUT2D eigenvalue weighted by molar-refractivity contribution is 7.12. The fourth-order valence-electron chi connectivity index (χ4n) is 4.40. The summed E-state index contributed by atoms with van der Waals surface area (Å²) in [7, 11) is 0. The van der Waals surface area contributed by atoms with E-state index in [2.05, 4.69) is 4.90 Å². The normalized spacial score (nSPS) is 23.5. The van der Waals surface area contributed by atoms with Crippen molar-refractivity contribution in [3.8, 4) is 0 Å². The largest absolute Gasteiger partial charge is 0.379 e. The standard InChI is InChI=1S/C21H30N4O4S/c26-19(16-22-10-12-29-13-11-22)23-6-8-24(9-7-23)20(27)17-3-1-5-25(15-17)21(28)18-4-2-14-30-18/h2,4,14,17H,1,3,5-13,15-16H2. The average molecular weight is 435 g/mol. The van der Waals surface area contributed by atoms with Gasteiger partial charge in [-0.05, 0) is 24.3 Å². The van der Waals surface area contributed by atoms with E-state index in [0.717, 1.165) is 30.8 Å². The topological polar surface area (TPSA) is 73.4 Å². The van der Waals surface area contributed by atoms with E-state index in [1.165, 1.54) is 11.3 Å². The predicted octanol–water partition coefficient (Wildman–Crippen LogP) is 0.603. The summed E-state index contributed by atoms with van der Waals surface area (Å²) in [6, 6.07) is 3.72. The van der Waals surface area contributed by atoms with Crippen LogP contribution in [0.25, 0.3) is 0 Å². The van der Waals surface area contributed by atoms with Gasteiger partial charge in [0.05, 0.1) is 30.6 Å². The molecule has 1 aromatic heterocycles. The third-order valence-corrected chi connectivity index (χ3v) is 7.05. The lowest BCUT2D eigenvalue weighted by molar-refractivity contribution is -0.144. The fourth-order valence-corrected chi connectivity index (χ4v) is 5.10. The Morgan fingerprint density at radius 1 is 0.967 bits per heavy atom. The van der Waals surface area contributed by atoms with Gasteiger partial charge < -0.3 is 19.4 Å². The minimum Gasteiger partial charge on any atom is -0.379 e. The number of hydrogen-bond donors (Lipinski definition) is 0. The maximum atomic E-state index is 13.1. The van der Waals surface area contributed by atoms with Crippen molar-refractivity contribution in [2.24, 2.45) is 5.92 Å². The number of carbonyl (C=O) groups is 3. The molecule has 3 amide bonds. The molecule has 0 aromatic carbocycles. The summed E-state index contributed by atoms with van der Waals surface area (Å²) >= 11 is 1.44. The number of thiophene rings is 1. The zero-order valence-electron chi connectivity index (χ0n) is 17.3. The van der Waals surface area contributed by atoms with E-state index in [0.29, 0.717) is 59.0 Å². The van der Waals surface area contributed by atoms with Gasteiger partial charge in [0.1, 0.15) is 0 Å². The minimum absolute atomic E-state index is 0.0287. The number of nitrogens with zero attached hydrogens (tertiary/aromatic N) is 4. The van der Waals surface area contributed by atoms with Gasteiger partial charge in [0.15, 0.2) is 0 Å². The van der Waals surface area contributed by atoms with Gasteiger partial charge >= 0.3 is 0 Å². The predicted molar refractivity (Wildman–Crippen MR) is 113 cm³/mol. The molecular weight excluding hydrogens is 404 g/mol. The molecule has 1 aromatic rings. The number of carbonyl (C=O) groups excluding carboxylic acids is 3. The number of morpholine rings is 1. The van der Waals surface area contributed by atoms with Gasteiger partial charge in [-0.3, -0.25) is 19.3 Å². The molecule has 3 aliphatic heterocycles. The van der Waals surface area contributed by atoms with Crippen LogP contribution in [0.15, 0.2) is 17.5 Å². The summed E-state index contributed by atoms with van der Waals surface area (Å²) in [5.41, 5.74) is 0. The number of amides is 3. The van der Waals surface area contributed by atoms with E-state index in [-0.39, 0.29) is 23.6 Å². The van der Waals surface area contributed by atoms with Crippen molar-refractivity contribution in [3.05, 3.63) is 22.4 Å². The van der Waals surface area contributed by atoms with E-state index in [1.807, 2.05) is 32.2 Å². The van der Waals surface area contributed by atoms with Crippen molar-refractivity contribution in [1.82, 2.24) is 19.6 Å². The number of hydrogen-bond acceptors (Lipinski definition) is 6. The van der Waals surface area contributed by atoms with Crippen LogP contribution in [0.5, 0.6) is 0 Å². The van der Waals surface area contributed by atoms with E-state index in [9.17, 15) is 14.4 Å². The first-order valence-corrected chi connectivity index (χ1v) is 11.7. The highest BCUT2D eigenvalue weighted by Gasteiger charge is 2.33. The molecule has 0 radical (unpaired) electrons. The Morgan fingerprint density at radius 2 is 1.70 bits per heavy atom. The molecule has 0 N–H and O–H groups in total. The molecule has 9 heteroatoms. The summed E-state index contributed by atoms with van der Waals surface area (Å²) in [4.78, 5) is 46.7. The number of rotatable bonds is 4. The van der Waals surface area contributed by atoms with Crippen molar-refractivity contribution >= 4 is 29.1 Å².